The molecule has 1 atom stereocenters. The number of benzene rings is 2. The monoisotopic (exact) mass is 405 g/mol. The Labute approximate surface area is 176 Å². The number of esters is 1. The van der Waals surface area contributed by atoms with E-state index >= 15 is 0 Å². The van der Waals surface area contributed by atoms with Gasteiger partial charge in [-0.3, -0.25) is 4.79 Å². The summed E-state index contributed by atoms with van der Waals surface area (Å²) in [5, 5.41) is 9.41. The van der Waals surface area contributed by atoms with Crippen LogP contribution < -0.4 is 0 Å². The molecule has 2 fully saturated rings. The highest BCUT2D eigenvalue weighted by Gasteiger charge is 2.50. The number of ether oxygens (including phenoxy) is 1. The molecule has 2 aromatic carbocycles. The summed E-state index contributed by atoms with van der Waals surface area (Å²) in [4.78, 5) is 19.7. The molecule has 2 saturated heterocycles. The smallest absolute Gasteiger partial charge is 0.312 e. The molecule has 156 valence electrons. The van der Waals surface area contributed by atoms with E-state index in [1.165, 1.54) is 5.56 Å². The Morgan fingerprint density at radius 2 is 1.87 bits per heavy atom. The molecule has 0 saturated carbocycles. The first kappa shape index (κ1) is 19.1. The van der Waals surface area contributed by atoms with Crippen LogP contribution >= 0.6 is 0 Å². The zero-order chi connectivity index (χ0) is 20.6. The van der Waals surface area contributed by atoms with E-state index in [4.69, 9.17) is 4.74 Å². The number of carbonyl (C=O) groups is 1. The Balaban J connectivity index is 1.17. The molecule has 0 amide bonds. The zero-order valence-electron chi connectivity index (χ0n) is 17.0. The van der Waals surface area contributed by atoms with Gasteiger partial charge >= 0.3 is 5.97 Å². The van der Waals surface area contributed by atoms with Crippen LogP contribution in [-0.4, -0.2) is 51.3 Å². The van der Waals surface area contributed by atoms with Gasteiger partial charge in [0.15, 0.2) is 0 Å². The number of cyclic esters (lactones) is 1. The van der Waals surface area contributed by atoms with E-state index in [0.29, 0.717) is 12.3 Å². The lowest BCUT2D eigenvalue weighted by Crippen LogP contribution is -2.43. The number of rotatable bonds is 5. The summed E-state index contributed by atoms with van der Waals surface area (Å²) >= 11 is 0. The van der Waals surface area contributed by atoms with Gasteiger partial charge in [0.2, 0.25) is 0 Å². The van der Waals surface area contributed by atoms with Crippen LogP contribution in [0.4, 0.5) is 0 Å². The van der Waals surface area contributed by atoms with E-state index < -0.39 is 0 Å². The molecule has 0 bridgehead atoms. The van der Waals surface area contributed by atoms with E-state index in [1.54, 1.807) is 12.1 Å². The van der Waals surface area contributed by atoms with Gasteiger partial charge in [-0.25, -0.2) is 4.98 Å². The number of nitrogens with zero attached hydrogens (tertiary/aromatic N) is 3. The lowest BCUT2D eigenvalue weighted by atomic mass is 9.76. The Kier molecular flexibility index (Phi) is 4.95. The highest BCUT2D eigenvalue weighted by atomic mass is 16.6. The van der Waals surface area contributed by atoms with Crippen LogP contribution in [0.1, 0.15) is 24.8 Å². The summed E-state index contributed by atoms with van der Waals surface area (Å²) in [5.41, 5.74) is 2.95. The van der Waals surface area contributed by atoms with Gasteiger partial charge in [-0.2, -0.15) is 0 Å². The molecule has 1 spiro atoms. The molecule has 3 heterocycles. The quantitative estimate of drug-likeness (QED) is 0.659. The Morgan fingerprint density at radius 1 is 1.10 bits per heavy atom. The van der Waals surface area contributed by atoms with Gasteiger partial charge in [0, 0.05) is 13.0 Å². The van der Waals surface area contributed by atoms with Crippen molar-refractivity contribution in [3.05, 3.63) is 60.4 Å². The van der Waals surface area contributed by atoms with Crippen molar-refractivity contribution >= 4 is 17.0 Å². The van der Waals surface area contributed by atoms with Crippen molar-refractivity contribution in [1.29, 1.82) is 0 Å². The van der Waals surface area contributed by atoms with E-state index in [9.17, 15) is 9.90 Å². The molecular formula is C24H27N3O3. The summed E-state index contributed by atoms with van der Waals surface area (Å²) in [7, 11) is 0. The molecule has 3 aromatic rings. The van der Waals surface area contributed by atoms with E-state index in [0.717, 1.165) is 56.4 Å². The van der Waals surface area contributed by atoms with E-state index in [2.05, 4.69) is 20.5 Å². The van der Waals surface area contributed by atoms with Crippen LogP contribution in [0.15, 0.2) is 54.9 Å². The third-order valence-corrected chi connectivity index (χ3v) is 6.72. The number of para-hydroxylation sites is 2. The molecule has 2 aliphatic rings. The van der Waals surface area contributed by atoms with Gasteiger partial charge in [-0.1, -0.05) is 24.3 Å². The van der Waals surface area contributed by atoms with Gasteiger partial charge in [-0.05, 0) is 62.2 Å². The maximum atomic E-state index is 12.8. The second-order valence-corrected chi connectivity index (χ2v) is 8.66. The third-order valence-electron chi connectivity index (χ3n) is 6.72. The van der Waals surface area contributed by atoms with Crippen LogP contribution in [0.5, 0.6) is 5.75 Å². The van der Waals surface area contributed by atoms with Gasteiger partial charge < -0.3 is 19.3 Å². The highest BCUT2D eigenvalue weighted by molar-refractivity contribution is 5.79. The topological polar surface area (TPSA) is 67.6 Å². The maximum absolute atomic E-state index is 12.8. The van der Waals surface area contributed by atoms with Crippen LogP contribution in [0.25, 0.3) is 11.0 Å². The normalized spacial score (nSPS) is 21.3. The summed E-state index contributed by atoms with van der Waals surface area (Å²) in [6.45, 7) is 3.49. The number of fused-ring (bicyclic) bond motifs is 1. The summed E-state index contributed by atoms with van der Waals surface area (Å²) < 4.78 is 7.92. The number of hydrogen-bond acceptors (Lipinski definition) is 5. The molecule has 2 aliphatic heterocycles. The van der Waals surface area contributed by atoms with Gasteiger partial charge in [-0.15, -0.1) is 0 Å². The van der Waals surface area contributed by atoms with Crippen molar-refractivity contribution < 1.29 is 14.6 Å². The SMILES string of the molecule is O=C1OC(Cn2cnc3ccccc32)CC12CCN(CCc1ccc(O)cc1)CC2. The standard InChI is InChI=1S/C24H27N3O3/c28-19-7-5-18(6-8-19)9-12-26-13-10-24(11-14-26)15-20(30-23(24)29)16-27-17-25-21-3-1-2-4-22(21)27/h1-8,17,20,28H,9-16H2. The fourth-order valence-corrected chi connectivity index (χ4v) is 4.88. The van der Waals surface area contributed by atoms with Crippen LogP contribution in [0, 0.1) is 5.41 Å². The second-order valence-electron chi connectivity index (χ2n) is 8.66. The first-order valence-electron chi connectivity index (χ1n) is 10.7. The molecule has 6 nitrogen and oxygen atoms in total. The zero-order valence-corrected chi connectivity index (χ0v) is 17.0. The number of aromatic hydroxyl groups is 1. The van der Waals surface area contributed by atoms with E-state index in [1.807, 2.05) is 36.7 Å². The van der Waals surface area contributed by atoms with Crippen molar-refractivity contribution in [3.8, 4) is 5.75 Å². The van der Waals surface area contributed by atoms with Crippen LogP contribution in [-0.2, 0) is 22.5 Å². The van der Waals surface area contributed by atoms with Gasteiger partial charge in [0.1, 0.15) is 11.9 Å². The molecule has 1 N–H and O–H groups in total. The molecule has 1 unspecified atom stereocenters. The number of carbonyl (C=O) groups excluding carboxylic acids is 1. The van der Waals surface area contributed by atoms with Crippen molar-refractivity contribution in [2.45, 2.75) is 38.3 Å². The lowest BCUT2D eigenvalue weighted by Gasteiger charge is -2.36. The molecule has 5 rings (SSSR count). The minimum Gasteiger partial charge on any atom is -0.508 e. The number of imidazole rings is 1. The Bertz CT molecular complexity index is 1040. The fraction of sp³-hybridized carbons (Fsp3) is 0.417. The summed E-state index contributed by atoms with van der Waals surface area (Å²) in [5.74, 6) is 0.284. The van der Waals surface area contributed by atoms with Crippen molar-refractivity contribution in [3.63, 3.8) is 0 Å². The fourth-order valence-electron chi connectivity index (χ4n) is 4.88. The first-order valence-corrected chi connectivity index (χ1v) is 10.7. The number of hydrogen-bond donors (Lipinski definition) is 1. The summed E-state index contributed by atoms with van der Waals surface area (Å²) in [6, 6.07) is 15.5. The van der Waals surface area contributed by atoms with Crippen molar-refractivity contribution in [2.24, 2.45) is 5.41 Å². The third kappa shape index (κ3) is 3.67. The van der Waals surface area contributed by atoms with Gasteiger partial charge in [0.05, 0.1) is 29.3 Å². The first-order chi connectivity index (χ1) is 14.6. The number of piperidine rings is 1. The number of aromatic nitrogens is 2. The average Bonchev–Trinajstić information content (AvgIpc) is 3.30. The molecule has 6 heteroatoms. The number of likely N-dealkylation sites (tertiary alicyclic amines) is 1. The van der Waals surface area contributed by atoms with Crippen LogP contribution in [0.3, 0.4) is 0 Å². The average molecular weight is 405 g/mol. The van der Waals surface area contributed by atoms with Gasteiger partial charge in [0.25, 0.3) is 0 Å². The molecular weight excluding hydrogens is 378 g/mol. The number of phenols is 1. The molecule has 1 aromatic heterocycles. The second kappa shape index (κ2) is 7.76. The largest absolute Gasteiger partial charge is 0.508 e. The highest BCUT2D eigenvalue weighted by Crippen LogP contribution is 2.43. The summed E-state index contributed by atoms with van der Waals surface area (Å²) in [6.07, 6.45) is 5.23. The minimum atomic E-state index is -0.323. The molecule has 0 radical (unpaired) electrons. The lowest BCUT2D eigenvalue weighted by molar-refractivity contribution is -0.151. The maximum Gasteiger partial charge on any atom is 0.312 e. The van der Waals surface area contributed by atoms with Crippen molar-refractivity contribution in [2.75, 3.05) is 19.6 Å². The number of phenolic OH excluding ortho intramolecular Hbond substituents is 1. The van der Waals surface area contributed by atoms with E-state index in [-0.39, 0.29) is 17.5 Å². The molecule has 0 aliphatic carbocycles. The minimum absolute atomic E-state index is 0.0184. The predicted octanol–water partition coefficient (Wildman–Crippen LogP) is 3.38. The molecule has 30 heavy (non-hydrogen) atoms. The Morgan fingerprint density at radius 3 is 2.67 bits per heavy atom. The van der Waals surface area contributed by atoms with Crippen LogP contribution in [0.2, 0.25) is 0 Å². The Hall–Kier alpha value is -2.86. The predicted molar refractivity (Wildman–Crippen MR) is 114 cm³/mol. The van der Waals surface area contributed by atoms with Crippen molar-refractivity contribution in [1.82, 2.24) is 14.5 Å².